The lowest BCUT2D eigenvalue weighted by molar-refractivity contribution is -0.145. The Morgan fingerprint density at radius 2 is 2.06 bits per heavy atom. The maximum absolute atomic E-state index is 11.2. The highest BCUT2D eigenvalue weighted by atomic mass is 16.5. The predicted molar refractivity (Wildman–Crippen MR) is 65.8 cm³/mol. The Bertz CT molecular complexity index is 211. The van der Waals surface area contributed by atoms with E-state index in [2.05, 4.69) is 4.74 Å². The lowest BCUT2D eigenvalue weighted by Crippen LogP contribution is -2.35. The third-order valence-corrected chi connectivity index (χ3v) is 2.51. The molecule has 0 spiro atoms. The second-order valence-electron chi connectivity index (χ2n) is 4.28. The molecule has 0 unspecified atom stereocenters. The molecule has 0 fully saturated rings. The summed E-state index contributed by atoms with van der Waals surface area (Å²) in [6, 6.07) is 0. The summed E-state index contributed by atoms with van der Waals surface area (Å²) >= 11 is 0. The zero-order valence-corrected chi connectivity index (χ0v) is 11.3. The second kappa shape index (κ2) is 9.39. The van der Waals surface area contributed by atoms with Crippen LogP contribution >= 0.6 is 0 Å². The van der Waals surface area contributed by atoms with Gasteiger partial charge in [-0.05, 0) is 20.4 Å². The largest absolute Gasteiger partial charge is 0.469 e. The van der Waals surface area contributed by atoms with Gasteiger partial charge in [0.05, 0.1) is 19.1 Å². The van der Waals surface area contributed by atoms with Crippen LogP contribution in [0.4, 0.5) is 0 Å². The summed E-state index contributed by atoms with van der Waals surface area (Å²) in [5.74, 6) is -0.398. The fourth-order valence-corrected chi connectivity index (χ4v) is 1.63. The highest BCUT2D eigenvalue weighted by Gasteiger charge is 2.17. The predicted octanol–water partition coefficient (Wildman–Crippen LogP) is 0.515. The number of ether oxygens (including phenoxy) is 2. The monoisotopic (exact) mass is 247 g/mol. The quantitative estimate of drug-likeness (QED) is 0.475. The average molecular weight is 247 g/mol. The summed E-state index contributed by atoms with van der Waals surface area (Å²) in [6.45, 7) is 6.10. The Labute approximate surface area is 104 Å². The summed E-state index contributed by atoms with van der Waals surface area (Å²) < 4.78 is 9.82. The third-order valence-electron chi connectivity index (χ3n) is 2.51. The number of aliphatic hydroxyl groups excluding tert-OH is 1. The van der Waals surface area contributed by atoms with Gasteiger partial charge in [-0.2, -0.15) is 0 Å². The summed E-state index contributed by atoms with van der Waals surface area (Å²) in [5.41, 5.74) is 0. The number of hydrogen-bond donors (Lipinski definition) is 1. The van der Waals surface area contributed by atoms with Crippen LogP contribution in [0, 0.1) is 5.92 Å². The minimum Gasteiger partial charge on any atom is -0.469 e. The van der Waals surface area contributed by atoms with Gasteiger partial charge in [0.2, 0.25) is 0 Å². The van der Waals surface area contributed by atoms with Gasteiger partial charge in [0.25, 0.3) is 0 Å². The molecule has 0 amide bonds. The van der Waals surface area contributed by atoms with Gasteiger partial charge >= 0.3 is 5.97 Å². The standard InChI is InChI=1S/C12H25NO4/c1-5-17-7-6-11(14)9-13(3)8-10(2)12(15)16-4/h10-11,14H,5-9H2,1-4H3/t10-,11+/m0/s1. The smallest absolute Gasteiger partial charge is 0.309 e. The first-order valence-corrected chi connectivity index (χ1v) is 6.03. The van der Waals surface area contributed by atoms with Crippen molar-refractivity contribution in [3.05, 3.63) is 0 Å². The van der Waals surface area contributed by atoms with E-state index in [0.29, 0.717) is 32.7 Å². The lowest BCUT2D eigenvalue weighted by Gasteiger charge is -2.22. The molecule has 0 aromatic rings. The highest BCUT2D eigenvalue weighted by molar-refractivity contribution is 5.71. The molecule has 5 nitrogen and oxygen atoms in total. The van der Waals surface area contributed by atoms with Gasteiger partial charge in [-0.15, -0.1) is 0 Å². The molecule has 0 saturated carbocycles. The number of carbonyl (C=O) groups excluding carboxylic acids is 1. The number of esters is 1. The maximum Gasteiger partial charge on any atom is 0.309 e. The van der Waals surface area contributed by atoms with Gasteiger partial charge in [0.15, 0.2) is 0 Å². The first kappa shape index (κ1) is 16.4. The zero-order valence-electron chi connectivity index (χ0n) is 11.3. The first-order chi connectivity index (χ1) is 8.01. The van der Waals surface area contributed by atoms with Crippen LogP contribution < -0.4 is 0 Å². The molecule has 17 heavy (non-hydrogen) atoms. The van der Waals surface area contributed by atoms with Crippen molar-refractivity contribution >= 4 is 5.97 Å². The van der Waals surface area contributed by atoms with E-state index in [9.17, 15) is 9.90 Å². The molecule has 0 aromatic heterocycles. The molecule has 1 N–H and O–H groups in total. The molecular formula is C12H25NO4. The van der Waals surface area contributed by atoms with Crippen molar-refractivity contribution in [3.8, 4) is 0 Å². The number of hydrogen-bond acceptors (Lipinski definition) is 5. The maximum atomic E-state index is 11.2. The third kappa shape index (κ3) is 8.12. The fourth-order valence-electron chi connectivity index (χ4n) is 1.63. The van der Waals surface area contributed by atoms with E-state index in [1.807, 2.05) is 25.8 Å². The average Bonchev–Trinajstić information content (AvgIpc) is 2.27. The summed E-state index contributed by atoms with van der Waals surface area (Å²) in [5, 5.41) is 9.72. The van der Waals surface area contributed by atoms with Crippen LogP contribution in [-0.4, -0.2) is 62.5 Å². The van der Waals surface area contributed by atoms with Crippen LogP contribution in [-0.2, 0) is 14.3 Å². The molecule has 0 heterocycles. The van der Waals surface area contributed by atoms with Crippen LogP contribution in [0.15, 0.2) is 0 Å². The fraction of sp³-hybridized carbons (Fsp3) is 0.917. The van der Waals surface area contributed by atoms with Crippen LogP contribution in [0.5, 0.6) is 0 Å². The van der Waals surface area contributed by atoms with Crippen molar-refractivity contribution in [1.29, 1.82) is 0 Å². The SMILES string of the molecule is CCOCC[C@@H](O)CN(C)C[C@H](C)C(=O)OC. The molecule has 2 atom stereocenters. The van der Waals surface area contributed by atoms with Crippen molar-refractivity contribution in [1.82, 2.24) is 4.90 Å². The molecule has 0 radical (unpaired) electrons. The van der Waals surface area contributed by atoms with Crippen molar-refractivity contribution in [3.63, 3.8) is 0 Å². The Kier molecular flexibility index (Phi) is 9.03. The van der Waals surface area contributed by atoms with Gasteiger partial charge in [-0.3, -0.25) is 4.79 Å². The summed E-state index contributed by atoms with van der Waals surface area (Å²) in [7, 11) is 3.26. The van der Waals surface area contributed by atoms with E-state index in [-0.39, 0.29) is 11.9 Å². The van der Waals surface area contributed by atoms with Crippen LogP contribution in [0.25, 0.3) is 0 Å². The number of likely N-dealkylation sites (N-methyl/N-ethyl adjacent to an activating group) is 1. The molecule has 0 aliphatic rings. The molecule has 0 saturated heterocycles. The number of methoxy groups -OCH3 is 1. The Morgan fingerprint density at radius 1 is 1.41 bits per heavy atom. The number of carbonyl (C=O) groups is 1. The Balaban J connectivity index is 3.76. The molecular weight excluding hydrogens is 222 g/mol. The van der Waals surface area contributed by atoms with Crippen molar-refractivity contribution < 1.29 is 19.4 Å². The second-order valence-corrected chi connectivity index (χ2v) is 4.28. The van der Waals surface area contributed by atoms with E-state index in [4.69, 9.17) is 4.74 Å². The molecule has 5 heteroatoms. The molecule has 102 valence electrons. The minimum absolute atomic E-state index is 0.177. The van der Waals surface area contributed by atoms with Crippen molar-refractivity contribution in [2.24, 2.45) is 5.92 Å². The number of aliphatic hydroxyl groups is 1. The van der Waals surface area contributed by atoms with E-state index in [1.54, 1.807) is 0 Å². The molecule has 0 aliphatic carbocycles. The summed E-state index contributed by atoms with van der Waals surface area (Å²) in [4.78, 5) is 13.1. The lowest BCUT2D eigenvalue weighted by atomic mass is 10.1. The van der Waals surface area contributed by atoms with Crippen molar-refractivity contribution in [2.75, 3.05) is 40.5 Å². The number of nitrogens with zero attached hydrogens (tertiary/aromatic N) is 1. The first-order valence-electron chi connectivity index (χ1n) is 6.03. The van der Waals surface area contributed by atoms with E-state index in [0.717, 1.165) is 0 Å². The minimum atomic E-state index is -0.420. The van der Waals surface area contributed by atoms with Gasteiger partial charge in [0.1, 0.15) is 0 Å². The van der Waals surface area contributed by atoms with Crippen molar-refractivity contribution in [2.45, 2.75) is 26.4 Å². The van der Waals surface area contributed by atoms with E-state index in [1.165, 1.54) is 7.11 Å². The molecule has 0 bridgehead atoms. The zero-order chi connectivity index (χ0) is 13.3. The molecule has 0 aromatic carbocycles. The van der Waals surface area contributed by atoms with E-state index < -0.39 is 6.10 Å². The van der Waals surface area contributed by atoms with Gasteiger partial charge in [0, 0.05) is 26.3 Å². The van der Waals surface area contributed by atoms with Crippen LogP contribution in [0.1, 0.15) is 20.3 Å². The highest BCUT2D eigenvalue weighted by Crippen LogP contribution is 2.03. The normalized spacial score (nSPS) is 14.7. The van der Waals surface area contributed by atoms with Crippen LogP contribution in [0.3, 0.4) is 0 Å². The number of rotatable bonds is 9. The summed E-state index contributed by atoms with van der Waals surface area (Å²) in [6.07, 6.45) is 0.196. The van der Waals surface area contributed by atoms with Gasteiger partial charge in [-0.1, -0.05) is 6.92 Å². The van der Waals surface area contributed by atoms with Gasteiger partial charge < -0.3 is 19.5 Å². The van der Waals surface area contributed by atoms with E-state index >= 15 is 0 Å². The van der Waals surface area contributed by atoms with Gasteiger partial charge in [-0.25, -0.2) is 0 Å². The molecule has 0 aliphatic heterocycles. The Hall–Kier alpha value is -0.650. The Morgan fingerprint density at radius 3 is 2.59 bits per heavy atom. The topological polar surface area (TPSA) is 59.0 Å². The van der Waals surface area contributed by atoms with Crippen LogP contribution in [0.2, 0.25) is 0 Å². The molecule has 0 rings (SSSR count).